The molecule has 0 atom stereocenters. The number of imidazole rings is 1. The molecule has 7 nitrogen and oxygen atoms in total. The second-order valence-electron chi connectivity index (χ2n) is 8.99. The minimum absolute atomic E-state index is 0.438. The number of pyridine rings is 1. The van der Waals surface area contributed by atoms with Crippen LogP contribution in [0.2, 0.25) is 0 Å². The number of anilines is 3. The van der Waals surface area contributed by atoms with Gasteiger partial charge in [0.25, 0.3) is 0 Å². The van der Waals surface area contributed by atoms with Crippen molar-refractivity contribution in [3.05, 3.63) is 78.6 Å². The SMILES string of the molecule is CC(C)N1CCN(c2ccc(Nc3ccc(-c4cccc(C(N)=O)c4)n4ccnc34)cc2)CC1. The van der Waals surface area contributed by atoms with Crippen molar-refractivity contribution in [1.82, 2.24) is 14.3 Å². The summed E-state index contributed by atoms with van der Waals surface area (Å²) >= 11 is 0. The van der Waals surface area contributed by atoms with Gasteiger partial charge in [-0.3, -0.25) is 14.1 Å². The van der Waals surface area contributed by atoms with E-state index in [1.807, 2.05) is 40.9 Å². The Hall–Kier alpha value is -3.84. The standard InChI is InChI=1S/C27H30N6O/c1-19(2)31-14-16-32(17-15-31)23-8-6-22(7-9-23)30-24-10-11-25(33-13-12-29-27(24)33)20-4-3-5-21(18-20)26(28)34/h3-13,18-19,30H,14-17H2,1-2H3,(H2,28,34). The topological polar surface area (TPSA) is 78.9 Å². The van der Waals surface area contributed by atoms with E-state index in [0.29, 0.717) is 11.6 Å². The molecule has 4 aromatic rings. The van der Waals surface area contributed by atoms with Gasteiger partial charge in [-0.1, -0.05) is 12.1 Å². The molecule has 0 aliphatic carbocycles. The number of fused-ring (bicyclic) bond motifs is 1. The Morgan fingerprint density at radius 1 is 1.00 bits per heavy atom. The van der Waals surface area contributed by atoms with E-state index in [2.05, 4.69) is 58.2 Å². The number of carbonyl (C=O) groups is 1. The van der Waals surface area contributed by atoms with Gasteiger partial charge >= 0.3 is 0 Å². The van der Waals surface area contributed by atoms with Crippen molar-refractivity contribution in [3.8, 4) is 11.3 Å². The number of aromatic nitrogens is 2. The Morgan fingerprint density at radius 2 is 1.76 bits per heavy atom. The van der Waals surface area contributed by atoms with Gasteiger partial charge in [-0.15, -0.1) is 0 Å². The minimum atomic E-state index is -0.438. The van der Waals surface area contributed by atoms with E-state index in [1.165, 1.54) is 5.69 Å². The van der Waals surface area contributed by atoms with Crippen LogP contribution in [-0.2, 0) is 0 Å². The molecule has 1 fully saturated rings. The quantitative estimate of drug-likeness (QED) is 0.452. The molecule has 0 unspecified atom stereocenters. The van der Waals surface area contributed by atoms with Gasteiger partial charge in [0.1, 0.15) is 0 Å². The maximum atomic E-state index is 11.6. The lowest BCUT2D eigenvalue weighted by atomic mass is 10.1. The fourth-order valence-corrected chi connectivity index (χ4v) is 4.59. The summed E-state index contributed by atoms with van der Waals surface area (Å²) in [4.78, 5) is 21.1. The molecule has 2 aromatic carbocycles. The van der Waals surface area contributed by atoms with E-state index >= 15 is 0 Å². The lowest BCUT2D eigenvalue weighted by Crippen LogP contribution is -2.48. The van der Waals surface area contributed by atoms with Crippen LogP contribution in [-0.4, -0.2) is 52.4 Å². The third kappa shape index (κ3) is 4.34. The van der Waals surface area contributed by atoms with Crippen molar-refractivity contribution in [3.63, 3.8) is 0 Å². The molecule has 1 aliphatic heterocycles. The van der Waals surface area contributed by atoms with Crippen LogP contribution in [0.5, 0.6) is 0 Å². The summed E-state index contributed by atoms with van der Waals surface area (Å²) in [6.45, 7) is 8.83. The van der Waals surface area contributed by atoms with Crippen LogP contribution in [0.25, 0.3) is 16.9 Å². The number of carbonyl (C=O) groups excluding carboxylic acids is 1. The van der Waals surface area contributed by atoms with Crippen molar-refractivity contribution >= 4 is 28.6 Å². The molecule has 0 saturated carbocycles. The summed E-state index contributed by atoms with van der Waals surface area (Å²) in [6.07, 6.45) is 3.70. The van der Waals surface area contributed by atoms with Gasteiger partial charge in [0.2, 0.25) is 5.91 Å². The van der Waals surface area contributed by atoms with E-state index in [-0.39, 0.29) is 0 Å². The number of nitrogens with zero attached hydrogens (tertiary/aromatic N) is 4. The van der Waals surface area contributed by atoms with E-state index in [0.717, 1.165) is 54.5 Å². The van der Waals surface area contributed by atoms with Crippen LogP contribution < -0.4 is 16.0 Å². The van der Waals surface area contributed by atoms with Gasteiger partial charge in [0.15, 0.2) is 5.65 Å². The number of primary amides is 1. The van der Waals surface area contributed by atoms with Crippen LogP contribution >= 0.6 is 0 Å². The second-order valence-corrected chi connectivity index (χ2v) is 8.99. The van der Waals surface area contributed by atoms with Gasteiger partial charge < -0.3 is 16.0 Å². The molecule has 34 heavy (non-hydrogen) atoms. The van der Waals surface area contributed by atoms with E-state index in [4.69, 9.17) is 5.73 Å². The predicted molar refractivity (Wildman–Crippen MR) is 138 cm³/mol. The number of nitrogens with two attached hydrogens (primary N) is 1. The number of hydrogen-bond acceptors (Lipinski definition) is 5. The maximum absolute atomic E-state index is 11.6. The molecule has 5 rings (SSSR count). The molecule has 0 bridgehead atoms. The summed E-state index contributed by atoms with van der Waals surface area (Å²) in [5, 5.41) is 3.51. The highest BCUT2D eigenvalue weighted by molar-refractivity contribution is 5.94. The highest BCUT2D eigenvalue weighted by atomic mass is 16.1. The number of nitrogens with one attached hydrogen (secondary N) is 1. The summed E-state index contributed by atoms with van der Waals surface area (Å²) in [6, 6.07) is 20.6. The summed E-state index contributed by atoms with van der Waals surface area (Å²) < 4.78 is 2.02. The molecular weight excluding hydrogens is 424 g/mol. The second kappa shape index (κ2) is 9.19. The lowest BCUT2D eigenvalue weighted by Gasteiger charge is -2.38. The molecule has 174 valence electrons. The van der Waals surface area contributed by atoms with Crippen LogP contribution in [0.1, 0.15) is 24.2 Å². The molecule has 1 aliphatic rings. The maximum Gasteiger partial charge on any atom is 0.248 e. The van der Waals surface area contributed by atoms with E-state index in [1.54, 1.807) is 12.3 Å². The zero-order chi connectivity index (χ0) is 23.7. The van der Waals surface area contributed by atoms with Gasteiger partial charge in [-0.05, 0) is 67.9 Å². The predicted octanol–water partition coefficient (Wildman–Crippen LogP) is 4.37. The van der Waals surface area contributed by atoms with Crippen LogP contribution in [0.15, 0.2) is 73.1 Å². The van der Waals surface area contributed by atoms with Crippen molar-refractivity contribution in [1.29, 1.82) is 0 Å². The summed E-state index contributed by atoms with van der Waals surface area (Å²) in [7, 11) is 0. The van der Waals surface area contributed by atoms with E-state index < -0.39 is 5.91 Å². The Kier molecular flexibility index (Phi) is 5.94. The fraction of sp³-hybridized carbons (Fsp3) is 0.259. The first-order valence-corrected chi connectivity index (χ1v) is 11.7. The zero-order valence-corrected chi connectivity index (χ0v) is 19.6. The molecule has 3 heterocycles. The normalized spacial score (nSPS) is 14.6. The molecule has 0 radical (unpaired) electrons. The first kappa shape index (κ1) is 22.0. The molecule has 2 aromatic heterocycles. The molecule has 1 saturated heterocycles. The average Bonchev–Trinajstić information content (AvgIpc) is 3.35. The number of amides is 1. The first-order chi connectivity index (χ1) is 16.5. The van der Waals surface area contributed by atoms with Gasteiger partial charge in [-0.2, -0.15) is 0 Å². The average molecular weight is 455 g/mol. The Labute approximate surface area is 199 Å². The third-order valence-corrected chi connectivity index (χ3v) is 6.55. The molecule has 0 spiro atoms. The van der Waals surface area contributed by atoms with Crippen LogP contribution in [0.4, 0.5) is 17.1 Å². The van der Waals surface area contributed by atoms with E-state index in [9.17, 15) is 4.79 Å². The van der Waals surface area contributed by atoms with Crippen LogP contribution in [0.3, 0.4) is 0 Å². The fourth-order valence-electron chi connectivity index (χ4n) is 4.59. The third-order valence-electron chi connectivity index (χ3n) is 6.55. The molecular formula is C27H30N6O. The summed E-state index contributed by atoms with van der Waals surface area (Å²) in [5.41, 5.74) is 11.8. The van der Waals surface area contributed by atoms with Crippen molar-refractivity contribution in [2.75, 3.05) is 36.4 Å². The Balaban J connectivity index is 1.35. The summed E-state index contributed by atoms with van der Waals surface area (Å²) in [5.74, 6) is -0.438. The number of piperazine rings is 1. The first-order valence-electron chi connectivity index (χ1n) is 11.7. The Bertz CT molecular complexity index is 1300. The monoisotopic (exact) mass is 454 g/mol. The van der Waals surface area contributed by atoms with Gasteiger partial charge in [0.05, 0.1) is 11.4 Å². The van der Waals surface area contributed by atoms with Crippen molar-refractivity contribution in [2.45, 2.75) is 19.9 Å². The molecule has 1 amide bonds. The highest BCUT2D eigenvalue weighted by Crippen LogP contribution is 2.29. The highest BCUT2D eigenvalue weighted by Gasteiger charge is 2.19. The lowest BCUT2D eigenvalue weighted by molar-refractivity contribution is 0.100. The van der Waals surface area contributed by atoms with Crippen molar-refractivity contribution < 1.29 is 4.79 Å². The van der Waals surface area contributed by atoms with Crippen molar-refractivity contribution in [2.24, 2.45) is 5.73 Å². The smallest absolute Gasteiger partial charge is 0.248 e. The van der Waals surface area contributed by atoms with Gasteiger partial charge in [0, 0.05) is 61.6 Å². The van der Waals surface area contributed by atoms with Crippen LogP contribution in [0, 0.1) is 0 Å². The zero-order valence-electron chi connectivity index (χ0n) is 19.6. The molecule has 3 N–H and O–H groups in total. The molecule has 7 heteroatoms. The number of hydrogen-bond donors (Lipinski definition) is 2. The van der Waals surface area contributed by atoms with Gasteiger partial charge in [-0.25, -0.2) is 4.98 Å². The minimum Gasteiger partial charge on any atom is -0.369 e. The number of rotatable bonds is 6. The largest absolute Gasteiger partial charge is 0.369 e. The Morgan fingerprint density at radius 3 is 2.47 bits per heavy atom. The number of benzene rings is 2.